The molecule has 2 heterocycles. The summed E-state index contributed by atoms with van der Waals surface area (Å²) in [5.74, 6) is 0.0693. The molecule has 126 valence electrons. The molecule has 0 radical (unpaired) electrons. The van der Waals surface area contributed by atoms with E-state index in [0.29, 0.717) is 18.8 Å². The molecule has 1 saturated heterocycles. The van der Waals surface area contributed by atoms with Crippen molar-refractivity contribution in [3.05, 3.63) is 57.5 Å². The molecule has 1 aliphatic rings. The second-order valence-electron chi connectivity index (χ2n) is 6.00. The number of benzene rings is 1. The van der Waals surface area contributed by atoms with Crippen LogP contribution in [0.1, 0.15) is 18.9 Å². The van der Waals surface area contributed by atoms with Gasteiger partial charge >= 0.3 is 0 Å². The zero-order chi connectivity index (χ0) is 17.1. The van der Waals surface area contributed by atoms with Crippen LogP contribution in [0.5, 0.6) is 0 Å². The minimum Gasteiger partial charge on any atom is -0.371 e. The number of nitrogens with zero attached hydrogens (tertiary/aromatic N) is 2. The number of carbonyl (C=O) groups is 1. The highest BCUT2D eigenvalue weighted by Gasteiger charge is 2.29. The zero-order valence-corrected chi connectivity index (χ0v) is 14.1. The first-order valence-corrected chi connectivity index (χ1v) is 8.28. The maximum Gasteiger partial charge on any atom is 0.287 e. The fraction of sp³-hybridized carbons (Fsp3) is 0.353. The molecule has 2 aromatic rings. The van der Waals surface area contributed by atoms with E-state index in [9.17, 15) is 9.59 Å². The molecular weight excluding hydrogens is 328 g/mol. The van der Waals surface area contributed by atoms with Crippen LogP contribution in [-0.2, 0) is 11.3 Å². The number of rotatable bonds is 4. The van der Waals surface area contributed by atoms with Gasteiger partial charge in [-0.1, -0.05) is 48.9 Å². The Balaban J connectivity index is 1.82. The quantitative estimate of drug-likeness (QED) is 0.886. The van der Waals surface area contributed by atoms with Crippen molar-refractivity contribution in [1.82, 2.24) is 15.1 Å². The number of piperidine rings is 1. The second-order valence-corrected chi connectivity index (χ2v) is 6.38. The van der Waals surface area contributed by atoms with Gasteiger partial charge < -0.3 is 10.6 Å². The summed E-state index contributed by atoms with van der Waals surface area (Å²) in [7, 11) is 0. The zero-order valence-electron chi connectivity index (χ0n) is 13.3. The predicted octanol–water partition coefficient (Wildman–Crippen LogP) is 1.88. The Morgan fingerprint density at radius 2 is 2.08 bits per heavy atom. The molecule has 1 aromatic carbocycles. The van der Waals surface area contributed by atoms with E-state index in [1.165, 1.54) is 10.9 Å². The van der Waals surface area contributed by atoms with Crippen LogP contribution in [0.25, 0.3) is 0 Å². The van der Waals surface area contributed by atoms with Crippen LogP contribution in [0, 0.1) is 5.92 Å². The van der Waals surface area contributed by atoms with Gasteiger partial charge in [0.1, 0.15) is 11.1 Å². The Kier molecular flexibility index (Phi) is 4.85. The van der Waals surface area contributed by atoms with Crippen molar-refractivity contribution >= 4 is 23.2 Å². The topological polar surface area (TPSA) is 76.0 Å². The first kappa shape index (κ1) is 16.5. The maximum absolute atomic E-state index is 12.4. The van der Waals surface area contributed by atoms with Gasteiger partial charge in [0.15, 0.2) is 0 Å². The molecule has 3 rings (SSSR count). The molecule has 24 heavy (non-hydrogen) atoms. The normalized spacial score (nSPS) is 20.5. The Bertz CT molecular complexity index is 791. The first-order chi connectivity index (χ1) is 11.6. The standard InChI is InChI=1S/C17H19ClN4O2/c1-11-7-8-19-16(23)15(11)21-13-9-20-22(17(24)14(13)18)10-12-5-3-2-4-6-12/h2-6,9,11,15,21H,7-8,10H2,1H3,(H,19,23)/t11-,15-/m1/s1. The molecular formula is C17H19ClN4O2. The maximum atomic E-state index is 12.4. The third kappa shape index (κ3) is 3.43. The lowest BCUT2D eigenvalue weighted by molar-refractivity contribution is -0.124. The smallest absolute Gasteiger partial charge is 0.287 e. The average Bonchev–Trinajstić information content (AvgIpc) is 2.58. The average molecular weight is 347 g/mol. The van der Waals surface area contributed by atoms with Gasteiger partial charge in [0.05, 0.1) is 18.4 Å². The van der Waals surface area contributed by atoms with Crippen molar-refractivity contribution in [2.24, 2.45) is 5.92 Å². The monoisotopic (exact) mass is 346 g/mol. The second kappa shape index (κ2) is 7.05. The van der Waals surface area contributed by atoms with Crippen LogP contribution in [0.15, 0.2) is 41.3 Å². The summed E-state index contributed by atoms with van der Waals surface area (Å²) < 4.78 is 1.31. The van der Waals surface area contributed by atoms with Gasteiger partial charge in [-0.05, 0) is 17.9 Å². The molecule has 1 fully saturated rings. The molecule has 2 atom stereocenters. The number of hydrogen-bond donors (Lipinski definition) is 2. The van der Waals surface area contributed by atoms with Gasteiger partial charge in [-0.3, -0.25) is 9.59 Å². The number of nitrogens with one attached hydrogen (secondary N) is 2. The molecule has 1 aromatic heterocycles. The minimum absolute atomic E-state index is 0.0477. The molecule has 7 heteroatoms. The summed E-state index contributed by atoms with van der Waals surface area (Å²) in [6.45, 7) is 3.01. The third-order valence-corrected chi connectivity index (χ3v) is 4.59. The van der Waals surface area contributed by atoms with E-state index in [4.69, 9.17) is 11.6 Å². The first-order valence-electron chi connectivity index (χ1n) is 7.90. The molecule has 0 unspecified atom stereocenters. The molecule has 6 nitrogen and oxygen atoms in total. The van der Waals surface area contributed by atoms with E-state index in [-0.39, 0.29) is 22.4 Å². The van der Waals surface area contributed by atoms with Crippen molar-refractivity contribution in [3.8, 4) is 0 Å². The lowest BCUT2D eigenvalue weighted by atomic mass is 9.94. The Morgan fingerprint density at radius 3 is 2.79 bits per heavy atom. The fourth-order valence-corrected chi connectivity index (χ4v) is 2.97. The highest BCUT2D eigenvalue weighted by atomic mass is 35.5. The van der Waals surface area contributed by atoms with Crippen LogP contribution >= 0.6 is 11.6 Å². The highest BCUT2D eigenvalue weighted by molar-refractivity contribution is 6.33. The largest absolute Gasteiger partial charge is 0.371 e. The predicted molar refractivity (Wildman–Crippen MR) is 93.3 cm³/mol. The van der Waals surface area contributed by atoms with Gasteiger partial charge in [0.2, 0.25) is 5.91 Å². The van der Waals surface area contributed by atoms with Crippen molar-refractivity contribution in [2.75, 3.05) is 11.9 Å². The SMILES string of the molecule is C[C@@H]1CCNC(=O)[C@@H]1Nc1cnn(Cc2ccccc2)c(=O)c1Cl. The lowest BCUT2D eigenvalue weighted by Gasteiger charge is -2.29. The minimum atomic E-state index is -0.414. The molecule has 2 N–H and O–H groups in total. The number of aromatic nitrogens is 2. The van der Waals surface area contributed by atoms with Crippen LogP contribution in [0.2, 0.25) is 5.02 Å². The molecule has 1 amide bonds. The summed E-state index contributed by atoms with van der Waals surface area (Å²) in [6.07, 6.45) is 2.38. The van der Waals surface area contributed by atoms with Crippen molar-refractivity contribution in [2.45, 2.75) is 25.9 Å². The van der Waals surface area contributed by atoms with Crippen LogP contribution in [0.4, 0.5) is 5.69 Å². The highest BCUT2D eigenvalue weighted by Crippen LogP contribution is 2.22. The lowest BCUT2D eigenvalue weighted by Crippen LogP contribution is -2.49. The summed E-state index contributed by atoms with van der Waals surface area (Å²) in [5, 5.41) is 10.1. The van der Waals surface area contributed by atoms with Gasteiger partial charge in [-0.2, -0.15) is 5.10 Å². The Labute approximate surface area is 144 Å². The summed E-state index contributed by atoms with van der Waals surface area (Å²) in [6, 6.07) is 9.14. The summed E-state index contributed by atoms with van der Waals surface area (Å²) >= 11 is 6.21. The van der Waals surface area contributed by atoms with Crippen LogP contribution in [0.3, 0.4) is 0 Å². The molecule has 0 spiro atoms. The summed E-state index contributed by atoms with van der Waals surface area (Å²) in [4.78, 5) is 24.4. The molecule has 0 saturated carbocycles. The molecule has 0 aliphatic carbocycles. The van der Waals surface area contributed by atoms with E-state index >= 15 is 0 Å². The number of anilines is 1. The number of halogens is 1. The van der Waals surface area contributed by atoms with E-state index in [1.807, 2.05) is 37.3 Å². The van der Waals surface area contributed by atoms with E-state index < -0.39 is 6.04 Å². The van der Waals surface area contributed by atoms with E-state index in [2.05, 4.69) is 15.7 Å². The van der Waals surface area contributed by atoms with Gasteiger partial charge in [0.25, 0.3) is 5.56 Å². The van der Waals surface area contributed by atoms with E-state index in [0.717, 1.165) is 12.0 Å². The van der Waals surface area contributed by atoms with Crippen molar-refractivity contribution in [1.29, 1.82) is 0 Å². The fourth-order valence-electron chi connectivity index (χ4n) is 2.77. The van der Waals surface area contributed by atoms with Crippen molar-refractivity contribution < 1.29 is 4.79 Å². The Morgan fingerprint density at radius 1 is 1.33 bits per heavy atom. The van der Waals surface area contributed by atoms with Gasteiger partial charge in [0, 0.05) is 6.54 Å². The van der Waals surface area contributed by atoms with Crippen molar-refractivity contribution in [3.63, 3.8) is 0 Å². The van der Waals surface area contributed by atoms with Crippen LogP contribution < -0.4 is 16.2 Å². The van der Waals surface area contributed by atoms with Gasteiger partial charge in [-0.15, -0.1) is 0 Å². The third-order valence-electron chi connectivity index (χ3n) is 4.22. The molecule has 1 aliphatic heterocycles. The number of amides is 1. The Hall–Kier alpha value is -2.34. The number of carbonyl (C=O) groups excluding carboxylic acids is 1. The summed E-state index contributed by atoms with van der Waals surface area (Å²) in [5.41, 5.74) is 0.971. The van der Waals surface area contributed by atoms with Gasteiger partial charge in [-0.25, -0.2) is 4.68 Å². The molecule has 0 bridgehead atoms. The van der Waals surface area contributed by atoms with Crippen LogP contribution in [-0.4, -0.2) is 28.3 Å². The van der Waals surface area contributed by atoms with E-state index in [1.54, 1.807) is 0 Å². The number of hydrogen-bond acceptors (Lipinski definition) is 4.